The molecule has 2 aromatic rings. The number of carbonyl (C=O) groups excluding carboxylic acids is 1. The number of nitrogens with zero attached hydrogens (tertiary/aromatic N) is 1. The van der Waals surface area contributed by atoms with E-state index < -0.39 is 24.4 Å². The highest BCUT2D eigenvalue weighted by Gasteiger charge is 2.60. The summed E-state index contributed by atoms with van der Waals surface area (Å²) in [4.78, 5) is 17.3. The Morgan fingerprint density at radius 2 is 1.70 bits per heavy atom. The SMILES string of the molecule is COC(=O)c1ccc(Sc2ccc(C3=NOC(O)(C(F)(F)F)C3)cc2)cc1. The molecule has 27 heavy (non-hydrogen) atoms. The lowest BCUT2D eigenvalue weighted by atomic mass is 10.0. The molecule has 0 fully saturated rings. The fourth-order valence-electron chi connectivity index (χ4n) is 2.36. The van der Waals surface area contributed by atoms with Crippen molar-refractivity contribution in [2.45, 2.75) is 28.2 Å². The molecule has 0 amide bonds. The van der Waals surface area contributed by atoms with Crippen LogP contribution in [0, 0.1) is 0 Å². The van der Waals surface area contributed by atoms with Crippen molar-refractivity contribution in [3.05, 3.63) is 59.7 Å². The molecule has 1 heterocycles. The lowest BCUT2D eigenvalue weighted by Gasteiger charge is -2.22. The molecular formula is C18H14F3NO4S. The second-order valence-electron chi connectivity index (χ2n) is 5.73. The zero-order valence-electron chi connectivity index (χ0n) is 14.0. The van der Waals surface area contributed by atoms with Crippen LogP contribution in [0.4, 0.5) is 13.2 Å². The summed E-state index contributed by atoms with van der Waals surface area (Å²) in [6.07, 6.45) is -5.69. The minimum Gasteiger partial charge on any atom is -0.465 e. The standard InChI is InChI=1S/C18H14F3NO4S/c1-25-16(23)12-4-8-14(9-5-12)27-13-6-2-11(3-7-13)15-10-17(24,26-22-15)18(19,20)21/h2-9,24H,10H2,1H3. The predicted octanol–water partition coefficient (Wildman–Crippen LogP) is 4.00. The summed E-state index contributed by atoms with van der Waals surface area (Å²) >= 11 is 1.42. The maximum Gasteiger partial charge on any atom is 0.458 e. The molecular weight excluding hydrogens is 383 g/mol. The first-order valence-corrected chi connectivity index (χ1v) is 8.54. The van der Waals surface area contributed by atoms with Gasteiger partial charge in [-0.2, -0.15) is 13.2 Å². The van der Waals surface area contributed by atoms with Gasteiger partial charge in [0.05, 0.1) is 24.8 Å². The van der Waals surface area contributed by atoms with Gasteiger partial charge >= 0.3 is 17.9 Å². The number of aliphatic hydroxyl groups is 1. The number of oxime groups is 1. The summed E-state index contributed by atoms with van der Waals surface area (Å²) in [6.45, 7) is 0. The van der Waals surface area contributed by atoms with Crippen LogP contribution in [0.5, 0.6) is 0 Å². The van der Waals surface area contributed by atoms with Gasteiger partial charge in [0.15, 0.2) is 0 Å². The Morgan fingerprint density at radius 3 is 2.19 bits per heavy atom. The smallest absolute Gasteiger partial charge is 0.458 e. The van der Waals surface area contributed by atoms with Gasteiger partial charge in [-0.3, -0.25) is 0 Å². The normalized spacial score (nSPS) is 19.4. The largest absolute Gasteiger partial charge is 0.465 e. The van der Waals surface area contributed by atoms with Crippen LogP contribution in [-0.2, 0) is 9.57 Å². The van der Waals surface area contributed by atoms with Gasteiger partial charge in [-0.15, -0.1) is 0 Å². The minimum atomic E-state index is -4.93. The van der Waals surface area contributed by atoms with E-state index in [2.05, 4.69) is 14.7 Å². The molecule has 9 heteroatoms. The predicted molar refractivity (Wildman–Crippen MR) is 91.6 cm³/mol. The van der Waals surface area contributed by atoms with E-state index in [1.54, 1.807) is 48.5 Å². The van der Waals surface area contributed by atoms with Crippen LogP contribution in [0.15, 0.2) is 63.5 Å². The third-order valence-corrected chi connectivity index (χ3v) is 4.87. The number of hydrogen-bond donors (Lipinski definition) is 1. The highest BCUT2D eigenvalue weighted by molar-refractivity contribution is 7.99. The van der Waals surface area contributed by atoms with Gasteiger partial charge in [-0.25, -0.2) is 4.79 Å². The molecule has 3 rings (SSSR count). The number of hydrogen-bond acceptors (Lipinski definition) is 6. The van der Waals surface area contributed by atoms with Crippen LogP contribution in [0.3, 0.4) is 0 Å². The third kappa shape index (κ3) is 4.09. The Labute approximate surface area is 156 Å². The highest BCUT2D eigenvalue weighted by atomic mass is 32.2. The number of esters is 1. The van der Waals surface area contributed by atoms with E-state index in [0.717, 1.165) is 9.79 Å². The topological polar surface area (TPSA) is 68.1 Å². The first kappa shape index (κ1) is 19.2. The summed E-state index contributed by atoms with van der Waals surface area (Å²) in [7, 11) is 1.31. The molecule has 1 aliphatic rings. The van der Waals surface area contributed by atoms with Crippen molar-refractivity contribution in [2.24, 2.45) is 5.16 Å². The van der Waals surface area contributed by atoms with E-state index in [1.165, 1.54) is 18.9 Å². The first-order valence-electron chi connectivity index (χ1n) is 7.73. The molecule has 0 saturated carbocycles. The molecule has 2 aromatic carbocycles. The van der Waals surface area contributed by atoms with Gasteiger partial charge < -0.3 is 14.7 Å². The number of methoxy groups -OCH3 is 1. The van der Waals surface area contributed by atoms with Gasteiger partial charge in [0.1, 0.15) is 0 Å². The molecule has 1 N–H and O–H groups in total. The number of benzene rings is 2. The molecule has 0 radical (unpaired) electrons. The van der Waals surface area contributed by atoms with Crippen LogP contribution < -0.4 is 0 Å². The van der Waals surface area contributed by atoms with E-state index in [1.807, 2.05) is 0 Å². The zero-order valence-corrected chi connectivity index (χ0v) is 14.8. The number of alkyl halides is 3. The Bertz CT molecular complexity index is 866. The zero-order chi connectivity index (χ0) is 19.7. The number of rotatable bonds is 4. The maximum absolute atomic E-state index is 12.8. The van der Waals surface area contributed by atoms with Crippen LogP contribution in [-0.4, -0.2) is 35.9 Å². The molecule has 0 aromatic heterocycles. The van der Waals surface area contributed by atoms with Crippen LogP contribution in [0.1, 0.15) is 22.3 Å². The molecule has 0 saturated heterocycles. The molecule has 142 valence electrons. The van der Waals surface area contributed by atoms with Crippen molar-refractivity contribution in [1.29, 1.82) is 0 Å². The molecule has 0 bridgehead atoms. The molecule has 0 aliphatic carbocycles. The van der Waals surface area contributed by atoms with Gasteiger partial charge in [0.25, 0.3) is 0 Å². The summed E-state index contributed by atoms with van der Waals surface area (Å²) in [5.41, 5.74) is 0.892. The van der Waals surface area contributed by atoms with Gasteiger partial charge in [0.2, 0.25) is 0 Å². The monoisotopic (exact) mass is 397 g/mol. The maximum atomic E-state index is 12.8. The van der Waals surface area contributed by atoms with E-state index in [0.29, 0.717) is 11.1 Å². The average Bonchev–Trinajstić information content (AvgIpc) is 3.06. The molecule has 1 aliphatic heterocycles. The fourth-order valence-corrected chi connectivity index (χ4v) is 3.17. The quantitative estimate of drug-likeness (QED) is 0.790. The fraction of sp³-hybridized carbons (Fsp3) is 0.222. The summed E-state index contributed by atoms with van der Waals surface area (Å²) in [6, 6.07) is 13.5. The van der Waals surface area contributed by atoms with Crippen molar-refractivity contribution in [3.63, 3.8) is 0 Å². The van der Waals surface area contributed by atoms with Crippen molar-refractivity contribution in [1.82, 2.24) is 0 Å². The molecule has 0 spiro atoms. The van der Waals surface area contributed by atoms with Crippen molar-refractivity contribution in [3.8, 4) is 0 Å². The summed E-state index contributed by atoms with van der Waals surface area (Å²) in [5, 5.41) is 12.9. The number of carbonyl (C=O) groups is 1. The Hall–Kier alpha value is -2.52. The van der Waals surface area contributed by atoms with E-state index in [4.69, 9.17) is 0 Å². The van der Waals surface area contributed by atoms with Gasteiger partial charge in [-0.1, -0.05) is 29.1 Å². The van der Waals surface area contributed by atoms with Crippen LogP contribution in [0.25, 0.3) is 0 Å². The van der Waals surface area contributed by atoms with E-state index in [-0.39, 0.29) is 5.71 Å². The van der Waals surface area contributed by atoms with Crippen molar-refractivity contribution < 1.29 is 32.6 Å². The Kier molecular flexibility index (Phi) is 5.16. The lowest BCUT2D eigenvalue weighted by Crippen LogP contribution is -2.45. The molecule has 1 unspecified atom stereocenters. The molecule has 5 nitrogen and oxygen atoms in total. The van der Waals surface area contributed by atoms with Crippen LogP contribution in [0.2, 0.25) is 0 Å². The number of ether oxygens (including phenoxy) is 1. The van der Waals surface area contributed by atoms with Crippen molar-refractivity contribution >= 4 is 23.4 Å². The number of halogens is 3. The van der Waals surface area contributed by atoms with Crippen molar-refractivity contribution in [2.75, 3.05) is 7.11 Å². The van der Waals surface area contributed by atoms with Gasteiger partial charge in [-0.05, 0) is 42.0 Å². The Balaban J connectivity index is 1.67. The Morgan fingerprint density at radius 1 is 1.15 bits per heavy atom. The highest BCUT2D eigenvalue weighted by Crippen LogP contribution is 2.39. The van der Waals surface area contributed by atoms with Crippen LogP contribution >= 0.6 is 11.8 Å². The second kappa shape index (κ2) is 7.24. The lowest BCUT2D eigenvalue weighted by molar-refractivity contribution is -0.355. The summed E-state index contributed by atoms with van der Waals surface area (Å²) in [5.74, 6) is -3.70. The first-order chi connectivity index (χ1) is 12.7. The average molecular weight is 397 g/mol. The van der Waals surface area contributed by atoms with E-state index in [9.17, 15) is 23.1 Å². The van der Waals surface area contributed by atoms with Gasteiger partial charge in [0, 0.05) is 9.79 Å². The second-order valence-corrected chi connectivity index (χ2v) is 6.88. The summed E-state index contributed by atoms with van der Waals surface area (Å²) < 4.78 is 42.9. The molecule has 1 atom stereocenters. The van der Waals surface area contributed by atoms with E-state index >= 15 is 0 Å². The minimum absolute atomic E-state index is 0.0220. The third-order valence-electron chi connectivity index (χ3n) is 3.86.